The lowest BCUT2D eigenvalue weighted by Crippen LogP contribution is -2.00. The predicted molar refractivity (Wildman–Crippen MR) is 77.3 cm³/mol. The summed E-state index contributed by atoms with van der Waals surface area (Å²) in [5.74, 6) is -0.386. The van der Waals surface area contributed by atoms with Gasteiger partial charge in [0.15, 0.2) is 0 Å². The average Bonchev–Trinajstić information content (AvgIpc) is 2.39. The fourth-order valence-electron chi connectivity index (χ4n) is 1.78. The summed E-state index contributed by atoms with van der Waals surface area (Å²) in [7, 11) is 0. The number of benzene rings is 2. The zero-order chi connectivity index (χ0) is 13.8. The quantitative estimate of drug-likeness (QED) is 0.911. The van der Waals surface area contributed by atoms with Crippen molar-refractivity contribution in [1.82, 2.24) is 0 Å². The number of aryl methyl sites for hydroxylation is 1. The van der Waals surface area contributed by atoms with Crippen LogP contribution in [0.15, 0.2) is 40.9 Å². The summed E-state index contributed by atoms with van der Waals surface area (Å²) in [6.45, 7) is 2.48. The number of nitrogens with one attached hydrogen (secondary N) is 1. The maximum Gasteiger partial charge on any atom is 0.124 e. The summed E-state index contributed by atoms with van der Waals surface area (Å²) in [5.41, 5.74) is 3.17. The second kappa shape index (κ2) is 5.85. The number of hydrogen-bond donors (Lipinski definition) is 1. The molecule has 0 radical (unpaired) electrons. The Morgan fingerprint density at radius 3 is 2.74 bits per heavy atom. The maximum atomic E-state index is 13.3. The zero-order valence-electron chi connectivity index (χ0n) is 10.4. The summed E-state index contributed by atoms with van der Waals surface area (Å²) < 4.78 is 14.3. The van der Waals surface area contributed by atoms with Crippen molar-refractivity contribution in [2.24, 2.45) is 0 Å². The molecule has 2 rings (SSSR count). The molecule has 0 spiro atoms. The molecule has 0 amide bonds. The molecule has 4 heteroatoms. The molecule has 19 heavy (non-hydrogen) atoms. The molecule has 2 aromatic carbocycles. The van der Waals surface area contributed by atoms with Gasteiger partial charge in [0.2, 0.25) is 0 Å². The number of halogens is 2. The van der Waals surface area contributed by atoms with Crippen molar-refractivity contribution >= 4 is 21.6 Å². The van der Waals surface area contributed by atoms with Crippen molar-refractivity contribution in [3.63, 3.8) is 0 Å². The van der Waals surface area contributed by atoms with Gasteiger partial charge >= 0.3 is 0 Å². The van der Waals surface area contributed by atoms with E-state index < -0.39 is 0 Å². The highest BCUT2D eigenvalue weighted by atomic mass is 79.9. The minimum absolute atomic E-state index is 0.337. The van der Waals surface area contributed by atoms with Gasteiger partial charge in [-0.25, -0.2) is 4.39 Å². The monoisotopic (exact) mass is 318 g/mol. The molecule has 96 valence electrons. The van der Waals surface area contributed by atoms with Gasteiger partial charge in [0.25, 0.3) is 0 Å². The van der Waals surface area contributed by atoms with Crippen LogP contribution in [0, 0.1) is 24.1 Å². The highest BCUT2D eigenvalue weighted by Crippen LogP contribution is 2.20. The van der Waals surface area contributed by atoms with E-state index in [0.717, 1.165) is 21.3 Å². The van der Waals surface area contributed by atoms with E-state index in [1.165, 1.54) is 12.1 Å². The standard InChI is InChI=1S/C15H12BrFN2/c1-10-4-14(2-3-15(10)16)19-9-12-5-11(8-18)6-13(17)7-12/h2-7,19H,9H2,1H3. The second-order valence-corrected chi connectivity index (χ2v) is 5.13. The van der Waals surface area contributed by atoms with Crippen LogP contribution in [-0.4, -0.2) is 0 Å². The first-order chi connectivity index (χ1) is 9.08. The lowest BCUT2D eigenvalue weighted by molar-refractivity contribution is 0.625. The van der Waals surface area contributed by atoms with Crippen LogP contribution in [0.2, 0.25) is 0 Å². The Labute approximate surface area is 120 Å². The number of anilines is 1. The lowest BCUT2D eigenvalue weighted by atomic mass is 10.1. The first kappa shape index (κ1) is 13.6. The van der Waals surface area contributed by atoms with Gasteiger partial charge in [-0.15, -0.1) is 0 Å². The van der Waals surface area contributed by atoms with Gasteiger partial charge in [-0.3, -0.25) is 0 Å². The van der Waals surface area contributed by atoms with Crippen LogP contribution in [0.25, 0.3) is 0 Å². The molecule has 0 aromatic heterocycles. The fraction of sp³-hybridized carbons (Fsp3) is 0.133. The summed E-state index contributed by atoms with van der Waals surface area (Å²) in [5, 5.41) is 12.0. The highest BCUT2D eigenvalue weighted by Gasteiger charge is 2.02. The summed E-state index contributed by atoms with van der Waals surface area (Å²) in [4.78, 5) is 0. The van der Waals surface area contributed by atoms with Crippen molar-refractivity contribution in [2.45, 2.75) is 13.5 Å². The Hall–Kier alpha value is -1.86. The molecule has 1 N–H and O–H groups in total. The molecule has 0 saturated heterocycles. The number of nitrogens with zero attached hydrogens (tertiary/aromatic N) is 1. The molecule has 0 aliphatic heterocycles. The summed E-state index contributed by atoms with van der Waals surface area (Å²) >= 11 is 3.44. The number of hydrogen-bond acceptors (Lipinski definition) is 2. The van der Waals surface area contributed by atoms with Gasteiger partial charge in [-0.1, -0.05) is 15.9 Å². The maximum absolute atomic E-state index is 13.3. The molecule has 2 nitrogen and oxygen atoms in total. The number of nitriles is 1. The predicted octanol–water partition coefficient (Wildman–Crippen LogP) is 4.38. The molecule has 0 heterocycles. The van der Waals surface area contributed by atoms with Gasteiger partial charge in [0.05, 0.1) is 11.6 Å². The molecule has 0 bridgehead atoms. The molecule has 0 fully saturated rings. The van der Waals surface area contributed by atoms with Crippen molar-refractivity contribution in [3.8, 4) is 6.07 Å². The third-order valence-corrected chi connectivity index (χ3v) is 3.63. The van der Waals surface area contributed by atoms with Gasteiger partial charge in [-0.2, -0.15) is 5.26 Å². The van der Waals surface area contributed by atoms with E-state index in [-0.39, 0.29) is 5.82 Å². The van der Waals surface area contributed by atoms with Gasteiger partial charge < -0.3 is 5.32 Å². The van der Waals surface area contributed by atoms with Crippen LogP contribution < -0.4 is 5.32 Å². The van der Waals surface area contributed by atoms with Gasteiger partial charge in [0.1, 0.15) is 5.82 Å². The van der Waals surface area contributed by atoms with E-state index in [1.807, 2.05) is 31.2 Å². The Morgan fingerprint density at radius 2 is 2.05 bits per heavy atom. The Bertz CT molecular complexity index is 647. The van der Waals surface area contributed by atoms with Crippen LogP contribution in [-0.2, 0) is 6.54 Å². The Kier molecular flexibility index (Phi) is 4.18. The average molecular weight is 319 g/mol. The summed E-state index contributed by atoms with van der Waals surface area (Å²) in [6, 6.07) is 12.2. The number of rotatable bonds is 3. The molecule has 2 aromatic rings. The lowest BCUT2D eigenvalue weighted by Gasteiger charge is -2.08. The van der Waals surface area contributed by atoms with E-state index >= 15 is 0 Å². The van der Waals surface area contributed by atoms with Crippen LogP contribution in [0.5, 0.6) is 0 Å². The smallest absolute Gasteiger partial charge is 0.124 e. The molecular formula is C15H12BrFN2. The first-order valence-electron chi connectivity index (χ1n) is 5.78. The largest absolute Gasteiger partial charge is 0.381 e. The Morgan fingerprint density at radius 1 is 1.26 bits per heavy atom. The van der Waals surface area contributed by atoms with Crippen molar-refractivity contribution in [3.05, 3.63) is 63.4 Å². The topological polar surface area (TPSA) is 35.8 Å². The molecule has 0 saturated carbocycles. The minimum atomic E-state index is -0.386. The van der Waals surface area contributed by atoms with E-state index in [4.69, 9.17) is 5.26 Å². The van der Waals surface area contributed by atoms with Crippen LogP contribution in [0.1, 0.15) is 16.7 Å². The molecule has 0 aliphatic rings. The summed E-state index contributed by atoms with van der Waals surface area (Å²) in [6.07, 6.45) is 0. The molecular weight excluding hydrogens is 307 g/mol. The minimum Gasteiger partial charge on any atom is -0.381 e. The second-order valence-electron chi connectivity index (χ2n) is 4.28. The van der Waals surface area contributed by atoms with Crippen LogP contribution in [0.3, 0.4) is 0 Å². The van der Waals surface area contributed by atoms with Gasteiger partial charge in [0, 0.05) is 16.7 Å². The first-order valence-corrected chi connectivity index (χ1v) is 6.57. The van der Waals surface area contributed by atoms with Crippen LogP contribution >= 0.6 is 15.9 Å². The van der Waals surface area contributed by atoms with Crippen LogP contribution in [0.4, 0.5) is 10.1 Å². The van der Waals surface area contributed by atoms with Crippen molar-refractivity contribution in [1.29, 1.82) is 5.26 Å². The SMILES string of the molecule is Cc1cc(NCc2cc(F)cc(C#N)c2)ccc1Br. The third-order valence-electron chi connectivity index (χ3n) is 2.74. The van der Waals surface area contributed by atoms with Crippen molar-refractivity contribution < 1.29 is 4.39 Å². The highest BCUT2D eigenvalue weighted by molar-refractivity contribution is 9.10. The van der Waals surface area contributed by atoms with E-state index in [9.17, 15) is 4.39 Å². The Balaban J connectivity index is 2.12. The molecule has 0 aliphatic carbocycles. The molecule has 0 unspecified atom stereocenters. The normalized spacial score (nSPS) is 10.0. The zero-order valence-corrected chi connectivity index (χ0v) is 12.0. The fourth-order valence-corrected chi connectivity index (χ4v) is 2.02. The van der Waals surface area contributed by atoms with Crippen molar-refractivity contribution in [2.75, 3.05) is 5.32 Å². The third kappa shape index (κ3) is 3.55. The van der Waals surface area contributed by atoms with Gasteiger partial charge in [-0.05, 0) is 54.4 Å². The van der Waals surface area contributed by atoms with E-state index in [1.54, 1.807) is 6.07 Å². The van der Waals surface area contributed by atoms with E-state index in [0.29, 0.717) is 12.1 Å². The molecule has 0 atom stereocenters. The van der Waals surface area contributed by atoms with E-state index in [2.05, 4.69) is 21.2 Å².